The lowest BCUT2D eigenvalue weighted by Gasteiger charge is -2.34. The molecule has 2 fully saturated rings. The molecule has 4 heteroatoms. The number of amides is 1. The summed E-state index contributed by atoms with van der Waals surface area (Å²) in [4.78, 5) is 16.7. The molecule has 2 rings (SSSR count). The summed E-state index contributed by atoms with van der Waals surface area (Å²) < 4.78 is 0. The molecular formula is C15H29N3O. The molecule has 110 valence electrons. The summed E-state index contributed by atoms with van der Waals surface area (Å²) in [7, 11) is 1.97. The fourth-order valence-electron chi connectivity index (χ4n) is 3.33. The third kappa shape index (κ3) is 4.18. The van der Waals surface area contributed by atoms with E-state index in [4.69, 9.17) is 0 Å². The van der Waals surface area contributed by atoms with E-state index in [0.717, 1.165) is 38.6 Å². The van der Waals surface area contributed by atoms with Gasteiger partial charge in [-0.3, -0.25) is 9.69 Å². The van der Waals surface area contributed by atoms with Gasteiger partial charge in [0.15, 0.2) is 0 Å². The van der Waals surface area contributed by atoms with Crippen LogP contribution in [0.3, 0.4) is 0 Å². The van der Waals surface area contributed by atoms with Crippen LogP contribution in [0, 0.1) is 5.92 Å². The maximum Gasteiger partial charge on any atom is 0.239 e. The van der Waals surface area contributed by atoms with Crippen LogP contribution in [0.25, 0.3) is 0 Å². The minimum Gasteiger partial charge on any atom is -0.344 e. The third-order valence-electron chi connectivity index (χ3n) is 4.78. The monoisotopic (exact) mass is 267 g/mol. The highest BCUT2D eigenvalue weighted by Crippen LogP contribution is 2.27. The number of carbonyl (C=O) groups excluding carboxylic acids is 1. The second kappa shape index (κ2) is 7.25. The van der Waals surface area contributed by atoms with E-state index in [0.29, 0.717) is 5.91 Å². The topological polar surface area (TPSA) is 35.6 Å². The molecule has 0 aromatic heterocycles. The van der Waals surface area contributed by atoms with E-state index in [-0.39, 0.29) is 6.04 Å². The van der Waals surface area contributed by atoms with E-state index in [9.17, 15) is 4.79 Å². The Morgan fingerprint density at radius 2 is 1.95 bits per heavy atom. The minimum absolute atomic E-state index is 0.0377. The molecule has 1 N–H and O–H groups in total. The summed E-state index contributed by atoms with van der Waals surface area (Å²) >= 11 is 0. The number of carbonyl (C=O) groups is 1. The highest BCUT2D eigenvalue weighted by molar-refractivity contribution is 5.81. The summed E-state index contributed by atoms with van der Waals surface area (Å²) in [5, 5.41) is 3.33. The smallest absolute Gasteiger partial charge is 0.239 e. The van der Waals surface area contributed by atoms with E-state index in [2.05, 4.69) is 17.1 Å². The fraction of sp³-hybridized carbons (Fsp3) is 0.933. The van der Waals surface area contributed by atoms with Gasteiger partial charge in [0.25, 0.3) is 0 Å². The number of rotatable bonds is 5. The van der Waals surface area contributed by atoms with Crippen LogP contribution >= 0.6 is 0 Å². The van der Waals surface area contributed by atoms with Crippen LogP contribution in [0.1, 0.15) is 39.0 Å². The Labute approximate surface area is 117 Å². The number of hydrogen-bond acceptors (Lipinski definition) is 3. The van der Waals surface area contributed by atoms with Crippen LogP contribution in [0.2, 0.25) is 0 Å². The van der Waals surface area contributed by atoms with Crippen LogP contribution < -0.4 is 5.32 Å². The summed E-state index contributed by atoms with van der Waals surface area (Å²) in [5.74, 6) is 1.16. The average molecular weight is 267 g/mol. The lowest BCUT2D eigenvalue weighted by molar-refractivity contribution is -0.135. The van der Waals surface area contributed by atoms with E-state index < -0.39 is 0 Å². The van der Waals surface area contributed by atoms with Crippen molar-refractivity contribution >= 4 is 5.91 Å². The maximum absolute atomic E-state index is 12.4. The van der Waals surface area contributed by atoms with Crippen LogP contribution in [-0.4, -0.2) is 61.5 Å². The summed E-state index contributed by atoms with van der Waals surface area (Å²) in [6, 6.07) is 0.0377. The molecule has 1 heterocycles. The Morgan fingerprint density at radius 3 is 2.58 bits per heavy atom. The molecule has 1 saturated heterocycles. The third-order valence-corrected chi connectivity index (χ3v) is 4.78. The number of likely N-dealkylation sites (N-methyl/N-ethyl adjacent to an activating group) is 1. The zero-order valence-electron chi connectivity index (χ0n) is 12.5. The molecule has 1 aliphatic carbocycles. The molecule has 1 unspecified atom stereocenters. The predicted molar refractivity (Wildman–Crippen MR) is 78.1 cm³/mol. The predicted octanol–water partition coefficient (Wildman–Crippen LogP) is 1.32. The molecule has 19 heavy (non-hydrogen) atoms. The first kappa shape index (κ1) is 14.8. The van der Waals surface area contributed by atoms with Gasteiger partial charge in [-0.15, -0.1) is 0 Å². The van der Waals surface area contributed by atoms with Gasteiger partial charge in [-0.05, 0) is 19.3 Å². The molecule has 0 aromatic carbocycles. The van der Waals surface area contributed by atoms with Gasteiger partial charge in [-0.1, -0.05) is 25.7 Å². The zero-order chi connectivity index (χ0) is 13.7. The SMILES string of the molecule is CC(C(=O)N(C)CCC1CCCC1)N1CCNCC1. The van der Waals surface area contributed by atoms with Gasteiger partial charge >= 0.3 is 0 Å². The summed E-state index contributed by atoms with van der Waals surface area (Å²) in [6.45, 7) is 6.97. The molecule has 0 radical (unpaired) electrons. The first-order chi connectivity index (χ1) is 9.18. The fourth-order valence-corrected chi connectivity index (χ4v) is 3.33. The van der Waals surface area contributed by atoms with Gasteiger partial charge in [0.05, 0.1) is 6.04 Å². The lowest BCUT2D eigenvalue weighted by Crippen LogP contribution is -2.53. The van der Waals surface area contributed by atoms with Gasteiger partial charge in [0.2, 0.25) is 5.91 Å². The van der Waals surface area contributed by atoms with Crippen molar-refractivity contribution in [2.75, 3.05) is 39.8 Å². The largest absolute Gasteiger partial charge is 0.344 e. The van der Waals surface area contributed by atoms with Crippen molar-refractivity contribution in [1.82, 2.24) is 15.1 Å². The minimum atomic E-state index is 0.0377. The Hall–Kier alpha value is -0.610. The van der Waals surface area contributed by atoms with E-state index >= 15 is 0 Å². The van der Waals surface area contributed by atoms with Gasteiger partial charge in [0.1, 0.15) is 0 Å². The number of hydrogen-bond donors (Lipinski definition) is 1. The Balaban J connectivity index is 1.73. The van der Waals surface area contributed by atoms with Gasteiger partial charge in [0, 0.05) is 39.8 Å². The lowest BCUT2D eigenvalue weighted by atomic mass is 10.0. The van der Waals surface area contributed by atoms with Crippen molar-refractivity contribution in [2.24, 2.45) is 5.92 Å². The van der Waals surface area contributed by atoms with Crippen molar-refractivity contribution in [3.05, 3.63) is 0 Å². The van der Waals surface area contributed by atoms with Crippen LogP contribution in [0.15, 0.2) is 0 Å². The molecule has 0 spiro atoms. The highest BCUT2D eigenvalue weighted by atomic mass is 16.2. The second-order valence-corrected chi connectivity index (χ2v) is 6.16. The van der Waals surface area contributed by atoms with Crippen molar-refractivity contribution in [1.29, 1.82) is 0 Å². The first-order valence-corrected chi connectivity index (χ1v) is 7.88. The summed E-state index contributed by atoms with van der Waals surface area (Å²) in [5.41, 5.74) is 0. The molecular weight excluding hydrogens is 238 g/mol. The van der Waals surface area contributed by atoms with Gasteiger partial charge in [-0.2, -0.15) is 0 Å². The van der Waals surface area contributed by atoms with Crippen LogP contribution in [0.4, 0.5) is 0 Å². The summed E-state index contributed by atoms with van der Waals surface area (Å²) in [6.07, 6.45) is 6.71. The van der Waals surface area contributed by atoms with E-state index in [1.165, 1.54) is 32.1 Å². The van der Waals surface area contributed by atoms with Crippen LogP contribution in [-0.2, 0) is 4.79 Å². The highest BCUT2D eigenvalue weighted by Gasteiger charge is 2.25. The molecule has 0 bridgehead atoms. The maximum atomic E-state index is 12.4. The Morgan fingerprint density at radius 1 is 1.32 bits per heavy atom. The van der Waals surface area contributed by atoms with Crippen molar-refractivity contribution in [3.8, 4) is 0 Å². The molecule has 1 amide bonds. The molecule has 1 saturated carbocycles. The number of nitrogens with zero attached hydrogens (tertiary/aromatic N) is 2. The Kier molecular flexibility index (Phi) is 5.64. The standard InChI is InChI=1S/C15H29N3O/c1-13(18-11-8-16-9-12-18)15(19)17(2)10-7-14-5-3-4-6-14/h13-14,16H,3-12H2,1-2H3. The number of piperazine rings is 1. The molecule has 2 aliphatic rings. The van der Waals surface area contributed by atoms with Gasteiger partial charge in [-0.25, -0.2) is 0 Å². The second-order valence-electron chi connectivity index (χ2n) is 6.16. The normalized spacial score (nSPS) is 23.5. The van der Waals surface area contributed by atoms with Crippen molar-refractivity contribution < 1.29 is 4.79 Å². The zero-order valence-corrected chi connectivity index (χ0v) is 12.5. The van der Waals surface area contributed by atoms with Gasteiger partial charge < -0.3 is 10.2 Å². The quantitative estimate of drug-likeness (QED) is 0.816. The van der Waals surface area contributed by atoms with Crippen molar-refractivity contribution in [2.45, 2.75) is 45.1 Å². The first-order valence-electron chi connectivity index (χ1n) is 7.88. The van der Waals surface area contributed by atoms with E-state index in [1.807, 2.05) is 11.9 Å². The van der Waals surface area contributed by atoms with E-state index in [1.54, 1.807) is 0 Å². The molecule has 1 atom stereocenters. The van der Waals surface area contributed by atoms with Crippen molar-refractivity contribution in [3.63, 3.8) is 0 Å². The Bertz CT molecular complexity index is 283. The average Bonchev–Trinajstić information content (AvgIpc) is 2.97. The molecule has 1 aliphatic heterocycles. The molecule has 0 aromatic rings. The number of nitrogens with one attached hydrogen (secondary N) is 1. The van der Waals surface area contributed by atoms with Crippen LogP contribution in [0.5, 0.6) is 0 Å². The molecule has 4 nitrogen and oxygen atoms in total.